The van der Waals surface area contributed by atoms with Crippen LogP contribution in [0.25, 0.3) is 35.1 Å². The van der Waals surface area contributed by atoms with Gasteiger partial charge in [0, 0.05) is 23.3 Å². The lowest BCUT2D eigenvalue weighted by Crippen LogP contribution is -2.27. The molecule has 1 unspecified atom stereocenters. The highest BCUT2D eigenvalue weighted by molar-refractivity contribution is 5.86. The third-order valence-electron chi connectivity index (χ3n) is 13.5. The second-order valence-corrected chi connectivity index (χ2v) is 18.1. The molecule has 3 bridgehead atoms. The summed E-state index contributed by atoms with van der Waals surface area (Å²) < 4.78 is 0. The van der Waals surface area contributed by atoms with Crippen LogP contribution in [0.2, 0.25) is 0 Å². The quantitative estimate of drug-likeness (QED) is 0.155. The molecule has 0 saturated carbocycles. The summed E-state index contributed by atoms with van der Waals surface area (Å²) in [6, 6.07) is 47.7. The zero-order chi connectivity index (χ0) is 44.6. The van der Waals surface area contributed by atoms with Crippen LogP contribution in [0.3, 0.4) is 0 Å². The highest BCUT2D eigenvalue weighted by atomic mass is 15.1. The van der Waals surface area contributed by atoms with Crippen molar-refractivity contribution in [1.82, 2.24) is 0 Å². The van der Waals surface area contributed by atoms with Crippen LogP contribution in [-0.4, -0.2) is 6.54 Å². The van der Waals surface area contributed by atoms with E-state index in [1.54, 1.807) is 5.57 Å². The number of likely N-dealkylation sites (N-methyl/N-ethyl adjacent to an activating group) is 1. The lowest BCUT2D eigenvalue weighted by molar-refractivity contribution is 0.476. The molecule has 65 heavy (non-hydrogen) atoms. The van der Waals surface area contributed by atoms with Gasteiger partial charge in [-0.2, -0.15) is 0 Å². The van der Waals surface area contributed by atoms with Crippen LogP contribution in [0.4, 0.5) is 5.69 Å². The number of benzene rings is 6. The SMILES string of the molecule is C1=CC23C=Cc4cccc(c4C2)/C=C\C(=C1/C=C\c1ccccc1)C3.CCC1=CCC2=C(C=C1)N(CC)c1ccc(C)cc1C2.Cc1ccc2c(C/C=C/c3ccccc3)cccc2c1. The van der Waals surface area contributed by atoms with Crippen molar-refractivity contribution in [3.63, 3.8) is 0 Å². The second kappa shape index (κ2) is 19.8. The highest BCUT2D eigenvalue weighted by Gasteiger charge is 2.33. The first-order valence-corrected chi connectivity index (χ1v) is 23.7. The van der Waals surface area contributed by atoms with Gasteiger partial charge in [0.1, 0.15) is 0 Å². The monoisotopic (exact) mass is 843 g/mol. The van der Waals surface area contributed by atoms with Gasteiger partial charge in [0.15, 0.2) is 0 Å². The Bertz CT molecular complexity index is 2980. The van der Waals surface area contributed by atoms with E-state index < -0.39 is 0 Å². The number of aryl methyl sites for hydroxylation is 2. The van der Waals surface area contributed by atoms with E-state index in [-0.39, 0.29) is 5.41 Å². The molecule has 1 spiro atoms. The first-order chi connectivity index (χ1) is 31.9. The minimum Gasteiger partial charge on any atom is -0.342 e. The lowest BCUT2D eigenvalue weighted by atomic mass is 9.67. The van der Waals surface area contributed by atoms with Crippen LogP contribution in [0.15, 0.2) is 216 Å². The van der Waals surface area contributed by atoms with Crippen LogP contribution < -0.4 is 4.90 Å². The number of anilines is 1. The largest absolute Gasteiger partial charge is 0.342 e. The maximum atomic E-state index is 2.47. The molecule has 4 aliphatic carbocycles. The minimum atomic E-state index is 0.146. The Labute approximate surface area is 388 Å². The molecule has 0 saturated heterocycles. The first-order valence-electron chi connectivity index (χ1n) is 23.7. The van der Waals surface area contributed by atoms with Gasteiger partial charge in [-0.25, -0.2) is 0 Å². The number of hydrogen-bond acceptors (Lipinski definition) is 1. The number of rotatable bonds is 7. The number of hydrogen-bond donors (Lipinski definition) is 0. The van der Waals surface area contributed by atoms with E-state index >= 15 is 0 Å². The third kappa shape index (κ3) is 10.1. The zero-order valence-electron chi connectivity index (χ0n) is 38.6. The molecule has 6 aromatic rings. The molecular formula is C64H61N. The summed E-state index contributed by atoms with van der Waals surface area (Å²) in [5, 5.41) is 2.69. The van der Waals surface area contributed by atoms with Crippen molar-refractivity contribution in [2.75, 3.05) is 11.4 Å². The van der Waals surface area contributed by atoms with Crippen LogP contribution in [0, 0.1) is 19.3 Å². The Morgan fingerprint density at radius 2 is 1.34 bits per heavy atom. The molecule has 0 aromatic heterocycles. The van der Waals surface area contributed by atoms with Crippen molar-refractivity contribution in [3.05, 3.63) is 266 Å². The van der Waals surface area contributed by atoms with Gasteiger partial charge in [-0.05, 0) is 138 Å². The summed E-state index contributed by atoms with van der Waals surface area (Å²) in [7, 11) is 0. The topological polar surface area (TPSA) is 3.24 Å². The molecule has 0 radical (unpaired) electrons. The van der Waals surface area contributed by atoms with Crippen LogP contribution in [0.5, 0.6) is 0 Å². The fourth-order valence-electron chi connectivity index (χ4n) is 9.95. The molecule has 0 amide bonds. The van der Waals surface area contributed by atoms with Crippen LogP contribution >= 0.6 is 0 Å². The molecule has 322 valence electrons. The fraction of sp³-hybridized carbons (Fsp3) is 0.188. The summed E-state index contributed by atoms with van der Waals surface area (Å²) in [5.41, 5.74) is 21.0. The molecule has 1 heteroatoms. The molecular weight excluding hydrogens is 783 g/mol. The number of nitrogens with zero attached hydrogens (tertiary/aromatic N) is 1. The molecule has 1 heterocycles. The Morgan fingerprint density at radius 1 is 0.615 bits per heavy atom. The summed E-state index contributed by atoms with van der Waals surface area (Å²) in [6.45, 7) is 9.83. The van der Waals surface area contributed by atoms with Crippen LogP contribution in [-0.2, 0) is 19.3 Å². The summed E-state index contributed by atoms with van der Waals surface area (Å²) in [6.07, 6.45) is 36.4. The Balaban J connectivity index is 0.000000124. The fourth-order valence-corrected chi connectivity index (χ4v) is 9.95. The normalized spacial score (nSPS) is 18.2. The van der Waals surface area contributed by atoms with E-state index in [0.29, 0.717) is 0 Å². The van der Waals surface area contributed by atoms with Gasteiger partial charge in [0.2, 0.25) is 0 Å². The minimum absolute atomic E-state index is 0.146. The summed E-state index contributed by atoms with van der Waals surface area (Å²) in [4.78, 5) is 2.47. The van der Waals surface area contributed by atoms with E-state index in [4.69, 9.17) is 0 Å². The van der Waals surface area contributed by atoms with E-state index in [1.165, 1.54) is 88.9 Å². The van der Waals surface area contributed by atoms with Gasteiger partial charge in [0.25, 0.3) is 0 Å². The van der Waals surface area contributed by atoms with Crippen molar-refractivity contribution in [2.24, 2.45) is 5.41 Å². The van der Waals surface area contributed by atoms with Crippen molar-refractivity contribution >= 4 is 40.8 Å². The zero-order valence-corrected chi connectivity index (χ0v) is 38.6. The summed E-state index contributed by atoms with van der Waals surface area (Å²) in [5.74, 6) is 0. The maximum Gasteiger partial charge on any atom is 0.0446 e. The first kappa shape index (κ1) is 43.3. The molecule has 1 atom stereocenters. The predicted molar refractivity (Wildman–Crippen MR) is 282 cm³/mol. The predicted octanol–water partition coefficient (Wildman–Crippen LogP) is 16.6. The number of allylic oxidation sites excluding steroid dienone is 13. The molecule has 1 nitrogen and oxygen atoms in total. The van der Waals surface area contributed by atoms with Gasteiger partial charge >= 0.3 is 0 Å². The Kier molecular flexibility index (Phi) is 13.2. The lowest BCUT2D eigenvalue weighted by Gasteiger charge is -2.36. The standard InChI is InChI=1S/C25H20.C20H18.C19H23N/c1-2-5-19(6-3-1)9-10-20-13-15-25-16-14-22-8-4-7-21(24(22)18-25)11-12-23(20)17-25;1-16-13-14-20-18(11-6-12-19(20)15-16)10-5-9-17-7-3-2-4-8-17;1-4-15-7-9-16-13-17-12-14(3)6-10-19(17)20(5-2)18(16)11-8-15/h1-16H,17-18H2;2-9,11-15H,10H2,1H3;6-8,10-12H,4-5,9,13H2,1-3H3/b10-9-,12-11-;9-5+;. The molecule has 6 aromatic carbocycles. The van der Waals surface area contributed by atoms with Gasteiger partial charge < -0.3 is 4.90 Å². The van der Waals surface area contributed by atoms with E-state index in [1.807, 2.05) is 6.07 Å². The highest BCUT2D eigenvalue weighted by Crippen LogP contribution is 2.46. The number of fused-ring (bicyclic) bond motifs is 3. The van der Waals surface area contributed by atoms with Crippen molar-refractivity contribution in [1.29, 1.82) is 0 Å². The average molecular weight is 844 g/mol. The average Bonchev–Trinajstić information content (AvgIpc) is 3.55. The molecule has 1 aliphatic heterocycles. The maximum absolute atomic E-state index is 2.47. The smallest absolute Gasteiger partial charge is 0.0446 e. The van der Waals surface area contributed by atoms with Gasteiger partial charge in [-0.15, -0.1) is 0 Å². The van der Waals surface area contributed by atoms with Gasteiger partial charge in [-0.1, -0.05) is 224 Å². The van der Waals surface area contributed by atoms with E-state index in [0.717, 1.165) is 45.1 Å². The molecule has 0 N–H and O–H groups in total. The Hall–Kier alpha value is -6.96. The van der Waals surface area contributed by atoms with Gasteiger partial charge in [0.05, 0.1) is 0 Å². The Morgan fingerprint density at radius 3 is 2.12 bits per heavy atom. The van der Waals surface area contributed by atoms with Crippen molar-refractivity contribution in [3.8, 4) is 0 Å². The van der Waals surface area contributed by atoms with Crippen molar-refractivity contribution in [2.45, 2.75) is 66.2 Å². The molecule has 5 aliphatic rings. The van der Waals surface area contributed by atoms with Crippen LogP contribution in [0.1, 0.15) is 83.2 Å². The van der Waals surface area contributed by atoms with Crippen molar-refractivity contribution < 1.29 is 0 Å². The van der Waals surface area contributed by atoms with Gasteiger partial charge in [-0.3, -0.25) is 0 Å². The third-order valence-corrected chi connectivity index (χ3v) is 13.5. The van der Waals surface area contributed by atoms with E-state index in [9.17, 15) is 0 Å². The molecule has 11 rings (SSSR count). The molecule has 0 fully saturated rings. The second-order valence-electron chi connectivity index (χ2n) is 18.1. The van der Waals surface area contributed by atoms with E-state index in [2.05, 4.69) is 239 Å². The summed E-state index contributed by atoms with van der Waals surface area (Å²) >= 11 is 0.